The van der Waals surface area contributed by atoms with Gasteiger partial charge in [-0.25, -0.2) is 9.59 Å². The van der Waals surface area contributed by atoms with Crippen molar-refractivity contribution in [3.8, 4) is 0 Å². The molecule has 1 rings (SSSR count). The monoisotopic (exact) mass is 434 g/mol. The van der Waals surface area contributed by atoms with Crippen LogP contribution in [0.4, 0.5) is 0 Å². The molecule has 1 heterocycles. The van der Waals surface area contributed by atoms with Gasteiger partial charge in [0, 0.05) is 19.4 Å². The van der Waals surface area contributed by atoms with Crippen molar-refractivity contribution >= 4 is 35.7 Å². The molecule has 0 aliphatic carbocycles. The molecule has 14 nitrogen and oxygen atoms in total. The number of aliphatic hydroxyl groups is 2. The number of nitrogens with one attached hydrogen (secondary N) is 1. The minimum atomic E-state index is -3.15. The van der Waals surface area contributed by atoms with Gasteiger partial charge in [0.1, 0.15) is 6.04 Å². The molecule has 0 bridgehead atoms. The maximum atomic E-state index is 12.3. The van der Waals surface area contributed by atoms with Gasteiger partial charge >= 0.3 is 23.9 Å². The molecule has 1 fully saturated rings. The summed E-state index contributed by atoms with van der Waals surface area (Å²) in [7, 11) is 0. The van der Waals surface area contributed by atoms with Gasteiger partial charge in [-0.1, -0.05) is 0 Å². The summed E-state index contributed by atoms with van der Waals surface area (Å²) < 4.78 is 0. The van der Waals surface area contributed by atoms with Gasteiger partial charge in [0.05, 0.1) is 12.3 Å². The van der Waals surface area contributed by atoms with Crippen molar-refractivity contribution in [2.45, 2.75) is 50.0 Å². The van der Waals surface area contributed by atoms with Crippen LogP contribution in [0.25, 0.3) is 0 Å². The van der Waals surface area contributed by atoms with Crippen LogP contribution < -0.4 is 5.32 Å². The molecule has 14 heteroatoms. The van der Waals surface area contributed by atoms with Gasteiger partial charge in [0.25, 0.3) is 0 Å². The Morgan fingerprint density at radius 1 is 1.17 bits per heavy atom. The number of hydrogen-bond acceptors (Lipinski definition) is 8. The van der Waals surface area contributed by atoms with Gasteiger partial charge in [-0.2, -0.15) is 0 Å². The van der Waals surface area contributed by atoms with Gasteiger partial charge in [0.15, 0.2) is 5.60 Å². The van der Waals surface area contributed by atoms with Gasteiger partial charge in [-0.3, -0.25) is 24.1 Å². The zero-order valence-electron chi connectivity index (χ0n) is 15.8. The summed E-state index contributed by atoms with van der Waals surface area (Å²) in [6.45, 7) is 0.571. The molecule has 0 aromatic heterocycles. The van der Waals surface area contributed by atoms with E-state index in [4.69, 9.17) is 15.3 Å². The second kappa shape index (κ2) is 9.04. The van der Waals surface area contributed by atoms with Crippen LogP contribution in [-0.4, -0.2) is 95.1 Å². The van der Waals surface area contributed by atoms with Crippen molar-refractivity contribution in [3.63, 3.8) is 0 Å². The summed E-state index contributed by atoms with van der Waals surface area (Å²) in [5.41, 5.74) is -5.75. The van der Waals surface area contributed by atoms with E-state index >= 15 is 0 Å². The molecule has 0 radical (unpaired) electrons. The fourth-order valence-electron chi connectivity index (χ4n) is 3.22. The highest BCUT2D eigenvalue weighted by molar-refractivity contribution is 5.94. The lowest BCUT2D eigenvalue weighted by Crippen LogP contribution is -2.59. The van der Waals surface area contributed by atoms with E-state index in [1.165, 1.54) is 0 Å². The van der Waals surface area contributed by atoms with Crippen LogP contribution in [0.2, 0.25) is 0 Å². The SMILES string of the molecule is C[C@@H](C(=O)NCCC(C(=O)O)C(O)(CC(=O)O)C(=O)O)N1C(=O)CC[C@@]1(O)C(=O)O. The molecule has 1 saturated heterocycles. The number of likely N-dealkylation sites (tertiary alicyclic amines) is 1. The topological polar surface area (TPSA) is 239 Å². The number of carboxylic acids is 4. The van der Waals surface area contributed by atoms with E-state index in [9.17, 15) is 44.1 Å². The zero-order chi connectivity index (χ0) is 23.4. The van der Waals surface area contributed by atoms with Crippen LogP contribution in [0.1, 0.15) is 32.6 Å². The standard InChI is InChI=1S/C16H22N2O12/c1-7(18-9(19)2-4-16(18,30)14(27)28)11(22)17-5-3-8(12(23)24)15(29,13(25)26)6-10(20)21/h7-8,29-30H,2-6H2,1H3,(H,17,22)(H,20,21)(H,23,24)(H,25,26)(H,27,28)/t7-,8?,15?,16+/m0/s1. The molecule has 0 aromatic rings. The average Bonchev–Trinajstić information content (AvgIpc) is 2.92. The molecule has 168 valence electrons. The van der Waals surface area contributed by atoms with Gasteiger partial charge in [-0.05, 0) is 13.3 Å². The predicted molar refractivity (Wildman–Crippen MR) is 91.7 cm³/mol. The molecule has 0 spiro atoms. The second-order valence-electron chi connectivity index (χ2n) is 6.83. The smallest absolute Gasteiger partial charge is 0.357 e. The number of hydrogen-bond donors (Lipinski definition) is 7. The Morgan fingerprint density at radius 3 is 2.17 bits per heavy atom. The Hall–Kier alpha value is -3.26. The number of carboxylic acid groups (broad SMARTS) is 4. The van der Waals surface area contributed by atoms with Crippen molar-refractivity contribution in [3.05, 3.63) is 0 Å². The van der Waals surface area contributed by atoms with Crippen LogP contribution in [0, 0.1) is 5.92 Å². The number of rotatable bonds is 11. The Bertz CT molecular complexity index is 767. The molecule has 0 saturated carbocycles. The van der Waals surface area contributed by atoms with Crippen molar-refractivity contribution < 1.29 is 59.4 Å². The van der Waals surface area contributed by atoms with E-state index in [0.29, 0.717) is 4.90 Å². The minimum Gasteiger partial charge on any atom is -0.481 e. The van der Waals surface area contributed by atoms with E-state index in [1.54, 1.807) is 0 Å². The minimum absolute atomic E-state index is 0.317. The summed E-state index contributed by atoms with van der Waals surface area (Å²) in [4.78, 5) is 69.4. The Morgan fingerprint density at radius 2 is 1.73 bits per heavy atom. The maximum absolute atomic E-state index is 12.3. The lowest BCUT2D eigenvalue weighted by Gasteiger charge is -2.34. The molecule has 2 unspecified atom stereocenters. The molecule has 2 amide bonds. The van der Waals surface area contributed by atoms with Crippen molar-refractivity contribution in [2.24, 2.45) is 5.92 Å². The van der Waals surface area contributed by atoms with Crippen LogP contribution in [-0.2, 0) is 28.8 Å². The fourth-order valence-corrected chi connectivity index (χ4v) is 3.22. The largest absolute Gasteiger partial charge is 0.481 e. The molecular formula is C16H22N2O12. The summed E-state index contributed by atoms with van der Waals surface area (Å²) in [5, 5.41) is 58.6. The Labute approximate surface area is 168 Å². The van der Waals surface area contributed by atoms with E-state index in [-0.39, 0.29) is 6.42 Å². The first-order valence-corrected chi connectivity index (χ1v) is 8.64. The Kier molecular flexibility index (Phi) is 7.47. The Balaban J connectivity index is 2.89. The quantitative estimate of drug-likeness (QED) is 0.175. The lowest BCUT2D eigenvalue weighted by molar-refractivity contribution is -0.185. The number of carbonyl (C=O) groups is 6. The average molecular weight is 434 g/mol. The normalized spacial score (nSPS) is 22.6. The van der Waals surface area contributed by atoms with Crippen molar-refractivity contribution in [2.75, 3.05) is 6.54 Å². The van der Waals surface area contributed by atoms with Gasteiger partial charge in [-0.15, -0.1) is 0 Å². The van der Waals surface area contributed by atoms with Crippen LogP contribution >= 0.6 is 0 Å². The summed E-state index contributed by atoms with van der Waals surface area (Å²) in [6, 6.07) is -1.47. The molecule has 30 heavy (non-hydrogen) atoms. The van der Waals surface area contributed by atoms with E-state index < -0.39 is 84.8 Å². The summed E-state index contributed by atoms with van der Waals surface area (Å²) in [5.74, 6) is -11.3. The first kappa shape index (κ1) is 24.8. The molecule has 7 N–H and O–H groups in total. The fraction of sp³-hybridized carbons (Fsp3) is 0.625. The van der Waals surface area contributed by atoms with Gasteiger partial charge in [0.2, 0.25) is 17.5 Å². The number of amides is 2. The third-order valence-electron chi connectivity index (χ3n) is 4.86. The van der Waals surface area contributed by atoms with E-state index in [1.807, 2.05) is 0 Å². The van der Waals surface area contributed by atoms with Gasteiger partial charge < -0.3 is 36.0 Å². The zero-order valence-corrected chi connectivity index (χ0v) is 15.8. The van der Waals surface area contributed by atoms with Crippen LogP contribution in [0.5, 0.6) is 0 Å². The third-order valence-corrected chi connectivity index (χ3v) is 4.86. The van der Waals surface area contributed by atoms with E-state index in [0.717, 1.165) is 6.92 Å². The first-order chi connectivity index (χ1) is 13.7. The van der Waals surface area contributed by atoms with E-state index in [2.05, 4.69) is 5.32 Å². The highest BCUT2D eigenvalue weighted by Gasteiger charge is 2.54. The lowest BCUT2D eigenvalue weighted by atomic mass is 9.82. The van der Waals surface area contributed by atoms with Crippen LogP contribution in [0.15, 0.2) is 0 Å². The molecule has 4 atom stereocenters. The maximum Gasteiger partial charge on any atom is 0.357 e. The highest BCUT2D eigenvalue weighted by atomic mass is 16.4. The number of nitrogens with zero attached hydrogens (tertiary/aromatic N) is 1. The number of carbonyl (C=O) groups excluding carboxylic acids is 2. The van der Waals surface area contributed by atoms with Crippen molar-refractivity contribution in [1.29, 1.82) is 0 Å². The predicted octanol–water partition coefficient (Wildman–Crippen LogP) is -2.73. The second-order valence-corrected chi connectivity index (χ2v) is 6.83. The number of aliphatic carboxylic acids is 4. The first-order valence-electron chi connectivity index (χ1n) is 8.64. The summed E-state index contributed by atoms with van der Waals surface area (Å²) in [6.07, 6.45) is -2.86. The molecular weight excluding hydrogens is 412 g/mol. The molecule has 1 aliphatic rings. The third kappa shape index (κ3) is 4.83. The highest BCUT2D eigenvalue weighted by Crippen LogP contribution is 2.30. The van der Waals surface area contributed by atoms with Crippen molar-refractivity contribution in [1.82, 2.24) is 10.2 Å². The van der Waals surface area contributed by atoms with Crippen LogP contribution in [0.3, 0.4) is 0 Å². The molecule has 0 aromatic carbocycles. The molecule has 1 aliphatic heterocycles. The summed E-state index contributed by atoms with van der Waals surface area (Å²) >= 11 is 0.